The van der Waals surface area contributed by atoms with Gasteiger partial charge in [0.05, 0.1) is 10.0 Å². The highest BCUT2D eigenvalue weighted by atomic mass is 35.5. The average Bonchev–Trinajstić information content (AvgIpc) is 2.23. The lowest BCUT2D eigenvalue weighted by Gasteiger charge is -2.06. The van der Waals surface area contributed by atoms with Gasteiger partial charge in [-0.2, -0.15) is 0 Å². The Morgan fingerprint density at radius 3 is 2.53 bits per heavy atom. The maximum absolute atomic E-state index is 11.5. The molecule has 0 unspecified atom stereocenters. The van der Waals surface area contributed by atoms with Crippen LogP contribution in [0, 0.1) is 0 Å². The van der Waals surface area contributed by atoms with Gasteiger partial charge >= 0.3 is 0 Å². The van der Waals surface area contributed by atoms with Crippen LogP contribution < -0.4 is 10.6 Å². The summed E-state index contributed by atoms with van der Waals surface area (Å²) in [5, 5.41) is 6.00. The van der Waals surface area contributed by atoms with Gasteiger partial charge in [0.25, 0.3) is 0 Å². The first-order valence-corrected chi connectivity index (χ1v) is 5.74. The van der Waals surface area contributed by atoms with Crippen LogP contribution in [0.15, 0.2) is 18.2 Å². The third-order valence-electron chi connectivity index (χ3n) is 1.93. The van der Waals surface area contributed by atoms with Crippen molar-refractivity contribution in [3.8, 4) is 0 Å². The molecule has 0 aliphatic rings. The largest absolute Gasteiger partial charge is 0.356 e. The monoisotopic (exact) mass is 274 g/mol. The van der Waals surface area contributed by atoms with Crippen LogP contribution in [0.5, 0.6) is 0 Å². The van der Waals surface area contributed by atoms with Gasteiger partial charge in [-0.3, -0.25) is 9.59 Å². The van der Waals surface area contributed by atoms with Gasteiger partial charge in [-0.1, -0.05) is 23.2 Å². The van der Waals surface area contributed by atoms with E-state index >= 15 is 0 Å². The normalized spacial score (nSPS) is 9.82. The summed E-state index contributed by atoms with van der Waals surface area (Å²) in [5.41, 5.74) is 0.576. The number of benzene rings is 1. The molecule has 0 aliphatic carbocycles. The fourth-order valence-corrected chi connectivity index (χ4v) is 1.45. The number of hydrogen-bond acceptors (Lipinski definition) is 2. The van der Waals surface area contributed by atoms with Crippen LogP contribution >= 0.6 is 23.2 Å². The molecule has 0 aliphatic heterocycles. The first-order valence-electron chi connectivity index (χ1n) is 4.98. The van der Waals surface area contributed by atoms with E-state index in [9.17, 15) is 9.59 Å². The second-order valence-electron chi connectivity index (χ2n) is 3.41. The van der Waals surface area contributed by atoms with Crippen molar-refractivity contribution in [2.75, 3.05) is 11.9 Å². The number of carbonyl (C=O) groups excluding carboxylic acids is 2. The molecule has 0 heterocycles. The molecule has 2 N–H and O–H groups in total. The molecule has 0 saturated heterocycles. The zero-order valence-electron chi connectivity index (χ0n) is 9.22. The minimum Gasteiger partial charge on any atom is -0.356 e. The summed E-state index contributed by atoms with van der Waals surface area (Å²) in [6, 6.07) is 4.83. The fourth-order valence-electron chi connectivity index (χ4n) is 1.15. The molecule has 1 aromatic carbocycles. The van der Waals surface area contributed by atoms with Gasteiger partial charge < -0.3 is 10.6 Å². The van der Waals surface area contributed by atoms with Crippen molar-refractivity contribution in [2.45, 2.75) is 13.3 Å². The van der Waals surface area contributed by atoms with Crippen molar-refractivity contribution in [3.63, 3.8) is 0 Å². The minimum absolute atomic E-state index is 0.160. The highest BCUT2D eigenvalue weighted by molar-refractivity contribution is 6.42. The zero-order chi connectivity index (χ0) is 12.8. The standard InChI is InChI=1S/C11H12Cl2N2O2/c1-7(16)14-5-4-11(17)15-8-2-3-9(12)10(13)6-8/h2-3,6H,4-5H2,1H3,(H,14,16)(H,15,17). The molecule has 0 aromatic heterocycles. The third kappa shape index (κ3) is 5.06. The zero-order valence-corrected chi connectivity index (χ0v) is 10.7. The van der Waals surface area contributed by atoms with E-state index in [-0.39, 0.29) is 18.2 Å². The molecule has 1 aromatic rings. The van der Waals surface area contributed by atoms with Crippen LogP contribution in [0.4, 0.5) is 5.69 Å². The fraction of sp³-hybridized carbons (Fsp3) is 0.273. The molecule has 0 atom stereocenters. The molecule has 1 rings (SSSR count). The van der Waals surface area contributed by atoms with Gasteiger partial charge in [0.1, 0.15) is 0 Å². The van der Waals surface area contributed by atoms with E-state index in [2.05, 4.69) is 10.6 Å². The Balaban J connectivity index is 2.45. The maximum atomic E-state index is 11.5. The van der Waals surface area contributed by atoms with E-state index in [4.69, 9.17) is 23.2 Å². The quantitative estimate of drug-likeness (QED) is 0.886. The van der Waals surface area contributed by atoms with Crippen molar-refractivity contribution in [3.05, 3.63) is 28.2 Å². The van der Waals surface area contributed by atoms with Gasteiger partial charge in [-0.05, 0) is 18.2 Å². The first kappa shape index (κ1) is 13.8. The lowest BCUT2D eigenvalue weighted by Crippen LogP contribution is -2.25. The molecule has 92 valence electrons. The number of anilines is 1. The van der Waals surface area contributed by atoms with Crippen LogP contribution in [0.2, 0.25) is 10.0 Å². The third-order valence-corrected chi connectivity index (χ3v) is 2.67. The molecule has 4 nitrogen and oxygen atoms in total. The number of rotatable bonds is 4. The Morgan fingerprint density at radius 2 is 1.94 bits per heavy atom. The van der Waals surface area contributed by atoms with Crippen LogP contribution in [0.1, 0.15) is 13.3 Å². The second kappa shape index (κ2) is 6.47. The number of halogens is 2. The van der Waals surface area contributed by atoms with E-state index in [1.165, 1.54) is 6.92 Å². The number of hydrogen-bond donors (Lipinski definition) is 2. The Labute approximate surface area is 109 Å². The number of nitrogens with one attached hydrogen (secondary N) is 2. The second-order valence-corrected chi connectivity index (χ2v) is 4.22. The lowest BCUT2D eigenvalue weighted by molar-refractivity contribution is -0.119. The lowest BCUT2D eigenvalue weighted by atomic mass is 10.3. The summed E-state index contributed by atoms with van der Waals surface area (Å²) in [7, 11) is 0. The minimum atomic E-state index is -0.197. The Morgan fingerprint density at radius 1 is 1.24 bits per heavy atom. The summed E-state index contributed by atoms with van der Waals surface area (Å²) in [5.74, 6) is -0.357. The summed E-state index contributed by atoms with van der Waals surface area (Å²) in [4.78, 5) is 22.0. The molecule has 6 heteroatoms. The molecular weight excluding hydrogens is 263 g/mol. The predicted molar refractivity (Wildman–Crippen MR) is 68.4 cm³/mol. The van der Waals surface area contributed by atoms with Crippen LogP contribution in [0.25, 0.3) is 0 Å². The molecular formula is C11H12Cl2N2O2. The van der Waals surface area contributed by atoms with Crippen molar-refractivity contribution >= 4 is 40.7 Å². The number of amides is 2. The van der Waals surface area contributed by atoms with E-state index in [1.54, 1.807) is 18.2 Å². The van der Waals surface area contributed by atoms with E-state index < -0.39 is 0 Å². The summed E-state index contributed by atoms with van der Waals surface area (Å²) >= 11 is 11.5. The van der Waals surface area contributed by atoms with Gasteiger partial charge in [-0.25, -0.2) is 0 Å². The van der Waals surface area contributed by atoms with Crippen LogP contribution in [0.3, 0.4) is 0 Å². The number of carbonyl (C=O) groups is 2. The van der Waals surface area contributed by atoms with Crippen LogP contribution in [-0.2, 0) is 9.59 Å². The van der Waals surface area contributed by atoms with E-state index in [1.807, 2.05) is 0 Å². The van der Waals surface area contributed by atoms with Crippen molar-refractivity contribution in [2.24, 2.45) is 0 Å². The molecule has 2 amide bonds. The average molecular weight is 275 g/mol. The van der Waals surface area contributed by atoms with Crippen molar-refractivity contribution in [1.29, 1.82) is 0 Å². The summed E-state index contributed by atoms with van der Waals surface area (Å²) < 4.78 is 0. The van der Waals surface area contributed by atoms with Gasteiger partial charge in [0, 0.05) is 25.6 Å². The molecule has 0 fully saturated rings. The predicted octanol–water partition coefficient (Wildman–Crippen LogP) is 2.46. The van der Waals surface area contributed by atoms with E-state index in [0.717, 1.165) is 0 Å². The highest BCUT2D eigenvalue weighted by Gasteiger charge is 2.04. The Bertz CT molecular complexity index is 435. The Kier molecular flexibility index (Phi) is 5.25. The highest BCUT2D eigenvalue weighted by Crippen LogP contribution is 2.24. The molecule has 0 spiro atoms. The van der Waals surface area contributed by atoms with Gasteiger partial charge in [0.2, 0.25) is 11.8 Å². The summed E-state index contributed by atoms with van der Waals surface area (Å²) in [6.07, 6.45) is 0.208. The SMILES string of the molecule is CC(=O)NCCC(=O)Nc1ccc(Cl)c(Cl)c1. The topological polar surface area (TPSA) is 58.2 Å². The maximum Gasteiger partial charge on any atom is 0.226 e. The van der Waals surface area contributed by atoms with Gasteiger partial charge in [0.15, 0.2) is 0 Å². The first-order chi connectivity index (χ1) is 7.99. The smallest absolute Gasteiger partial charge is 0.226 e. The van der Waals surface area contributed by atoms with Crippen LogP contribution in [-0.4, -0.2) is 18.4 Å². The molecule has 0 radical (unpaired) electrons. The van der Waals surface area contributed by atoms with E-state index in [0.29, 0.717) is 22.3 Å². The molecule has 17 heavy (non-hydrogen) atoms. The van der Waals surface area contributed by atoms with Crippen molar-refractivity contribution < 1.29 is 9.59 Å². The molecule has 0 saturated carbocycles. The summed E-state index contributed by atoms with van der Waals surface area (Å²) in [6.45, 7) is 1.71. The molecule has 0 bridgehead atoms. The van der Waals surface area contributed by atoms with Gasteiger partial charge in [-0.15, -0.1) is 0 Å². The Hall–Kier alpha value is -1.26. The van der Waals surface area contributed by atoms with Crippen molar-refractivity contribution in [1.82, 2.24) is 5.32 Å².